The van der Waals surface area contributed by atoms with E-state index < -0.39 is 11.6 Å². The summed E-state index contributed by atoms with van der Waals surface area (Å²) in [4.78, 5) is 31.1. The minimum Gasteiger partial charge on any atom is -0.458 e. The van der Waals surface area contributed by atoms with Gasteiger partial charge < -0.3 is 29.2 Å². The highest BCUT2D eigenvalue weighted by Gasteiger charge is 2.45. The molecule has 36 heavy (non-hydrogen) atoms. The molecule has 9 nitrogen and oxygen atoms in total. The minimum atomic E-state index is -1.86. The number of carbonyl (C=O) groups excluding carboxylic acids is 1. The van der Waals surface area contributed by atoms with E-state index in [4.69, 9.17) is 19.2 Å². The highest BCUT2D eigenvalue weighted by molar-refractivity contribution is 5.91. The SMILES string of the molecule is CC[C@@]1(O)C(=O)OCc2c1cc1n(c2=O)Cc2c-1nc1cc3c(cc1c2CC(C)(C)CNC)OCO3. The first kappa shape index (κ1) is 23.0. The molecule has 0 saturated heterocycles. The first-order valence-corrected chi connectivity index (χ1v) is 12.2. The molecule has 0 amide bonds. The standard InChI is InChI=1S/C27H29N3O6/c1-5-27(33)18-7-20-23-16(10-30(20)24(31)17(18)11-34-25(27)32)15(9-26(2,3)12-28-4)14-6-21-22(36-13-35-21)8-19(14)29-23/h6-8,28,33H,5,9-13H2,1-4H3/t27-/m0/s1. The van der Waals surface area contributed by atoms with Crippen LogP contribution in [0.4, 0.5) is 0 Å². The van der Waals surface area contributed by atoms with Crippen molar-refractivity contribution in [1.82, 2.24) is 14.9 Å². The Hall–Kier alpha value is -3.43. The Bertz CT molecular complexity index is 1510. The van der Waals surface area contributed by atoms with Gasteiger partial charge in [0.05, 0.1) is 29.0 Å². The normalized spacial score (nSPS) is 19.8. The van der Waals surface area contributed by atoms with Gasteiger partial charge in [0.15, 0.2) is 17.1 Å². The zero-order chi connectivity index (χ0) is 25.4. The van der Waals surface area contributed by atoms with Crippen molar-refractivity contribution in [3.8, 4) is 22.9 Å². The molecule has 2 aromatic heterocycles. The monoisotopic (exact) mass is 491 g/mol. The molecular weight excluding hydrogens is 462 g/mol. The summed E-state index contributed by atoms with van der Waals surface area (Å²) in [6.07, 6.45) is 0.852. The molecule has 0 unspecified atom stereocenters. The number of ether oxygens (including phenoxy) is 3. The van der Waals surface area contributed by atoms with Gasteiger partial charge in [0.25, 0.3) is 5.56 Å². The number of nitrogens with zero attached hydrogens (tertiary/aromatic N) is 2. The Balaban J connectivity index is 1.62. The van der Waals surface area contributed by atoms with E-state index in [9.17, 15) is 14.7 Å². The number of aromatic nitrogens is 2. The summed E-state index contributed by atoms with van der Waals surface area (Å²) in [5.74, 6) is 0.594. The van der Waals surface area contributed by atoms with Crippen molar-refractivity contribution in [2.24, 2.45) is 5.41 Å². The number of rotatable bonds is 5. The lowest BCUT2D eigenvalue weighted by Crippen LogP contribution is -2.44. The molecule has 0 saturated carbocycles. The zero-order valence-corrected chi connectivity index (χ0v) is 20.9. The number of hydrogen-bond donors (Lipinski definition) is 2. The number of benzene rings is 1. The van der Waals surface area contributed by atoms with Gasteiger partial charge in [-0.3, -0.25) is 4.79 Å². The molecule has 0 spiro atoms. The van der Waals surface area contributed by atoms with Gasteiger partial charge in [-0.15, -0.1) is 0 Å². The van der Waals surface area contributed by atoms with Gasteiger partial charge >= 0.3 is 5.97 Å². The van der Waals surface area contributed by atoms with E-state index >= 15 is 0 Å². The van der Waals surface area contributed by atoms with E-state index in [0.717, 1.165) is 35.0 Å². The first-order chi connectivity index (χ1) is 17.2. The number of carbonyl (C=O) groups is 1. The van der Waals surface area contributed by atoms with Crippen molar-refractivity contribution in [3.05, 3.63) is 50.8 Å². The molecule has 0 aliphatic carbocycles. The average molecular weight is 492 g/mol. The topological polar surface area (TPSA) is 112 Å². The molecule has 9 heteroatoms. The summed E-state index contributed by atoms with van der Waals surface area (Å²) < 4.78 is 18.2. The molecule has 1 atom stereocenters. The Morgan fingerprint density at radius 2 is 1.89 bits per heavy atom. The molecule has 6 rings (SSSR count). The summed E-state index contributed by atoms with van der Waals surface area (Å²) >= 11 is 0. The van der Waals surface area contributed by atoms with Crippen LogP contribution in [0, 0.1) is 5.41 Å². The van der Waals surface area contributed by atoms with Crippen molar-refractivity contribution in [1.29, 1.82) is 0 Å². The van der Waals surface area contributed by atoms with Crippen LogP contribution in [0.2, 0.25) is 0 Å². The molecule has 2 N–H and O–H groups in total. The van der Waals surface area contributed by atoms with Gasteiger partial charge in [0.2, 0.25) is 6.79 Å². The van der Waals surface area contributed by atoms with Gasteiger partial charge in [0, 0.05) is 29.1 Å². The molecule has 5 heterocycles. The fourth-order valence-corrected chi connectivity index (χ4v) is 5.77. The largest absolute Gasteiger partial charge is 0.458 e. The van der Waals surface area contributed by atoms with Crippen LogP contribution in [0.25, 0.3) is 22.3 Å². The van der Waals surface area contributed by atoms with Crippen molar-refractivity contribution in [2.75, 3.05) is 20.4 Å². The lowest BCUT2D eigenvalue weighted by atomic mass is 9.82. The van der Waals surface area contributed by atoms with Crippen molar-refractivity contribution in [2.45, 2.75) is 52.4 Å². The minimum absolute atomic E-state index is 0.0745. The fraction of sp³-hybridized carbons (Fsp3) is 0.444. The Morgan fingerprint density at radius 1 is 1.14 bits per heavy atom. The maximum atomic E-state index is 13.6. The molecule has 3 aliphatic heterocycles. The van der Waals surface area contributed by atoms with E-state index in [2.05, 4.69) is 19.2 Å². The number of nitrogens with one attached hydrogen (secondary N) is 1. The van der Waals surface area contributed by atoms with Gasteiger partial charge in [0.1, 0.15) is 6.61 Å². The molecule has 1 aromatic carbocycles. The van der Waals surface area contributed by atoms with Crippen LogP contribution in [-0.2, 0) is 34.7 Å². The second kappa shape index (κ2) is 7.78. The van der Waals surface area contributed by atoms with Gasteiger partial charge in [-0.2, -0.15) is 0 Å². The molecular formula is C27H29N3O6. The highest BCUT2D eigenvalue weighted by atomic mass is 16.7. The summed E-state index contributed by atoms with van der Waals surface area (Å²) in [5.41, 5.74) is 2.55. The summed E-state index contributed by atoms with van der Waals surface area (Å²) in [6, 6.07) is 5.61. The zero-order valence-electron chi connectivity index (χ0n) is 20.9. The molecule has 0 radical (unpaired) electrons. The predicted molar refractivity (Wildman–Crippen MR) is 132 cm³/mol. The maximum absolute atomic E-state index is 13.6. The predicted octanol–water partition coefficient (Wildman–Crippen LogP) is 2.60. The van der Waals surface area contributed by atoms with E-state index in [1.807, 2.05) is 19.2 Å². The van der Waals surface area contributed by atoms with Crippen molar-refractivity contribution in [3.63, 3.8) is 0 Å². The van der Waals surface area contributed by atoms with Gasteiger partial charge in [-0.05, 0) is 43.0 Å². The van der Waals surface area contributed by atoms with Crippen molar-refractivity contribution < 1.29 is 24.1 Å². The smallest absolute Gasteiger partial charge is 0.343 e. The van der Waals surface area contributed by atoms with Crippen LogP contribution in [0.1, 0.15) is 49.4 Å². The fourth-order valence-electron chi connectivity index (χ4n) is 5.77. The second-order valence-corrected chi connectivity index (χ2v) is 10.6. The van der Waals surface area contributed by atoms with Crippen molar-refractivity contribution >= 4 is 16.9 Å². The average Bonchev–Trinajstić information content (AvgIpc) is 3.45. The molecule has 3 aliphatic rings. The van der Waals surface area contributed by atoms with Crippen LogP contribution in [0.3, 0.4) is 0 Å². The number of fused-ring (bicyclic) bond motifs is 6. The van der Waals surface area contributed by atoms with Gasteiger partial charge in [-0.25, -0.2) is 9.78 Å². The van der Waals surface area contributed by atoms with E-state index in [1.54, 1.807) is 17.6 Å². The molecule has 3 aromatic rings. The van der Waals surface area contributed by atoms with E-state index in [-0.39, 0.29) is 30.8 Å². The number of esters is 1. The Kier molecular flexibility index (Phi) is 4.97. The summed E-state index contributed by atoms with van der Waals surface area (Å²) in [5, 5.41) is 15.4. The third-order valence-electron chi connectivity index (χ3n) is 7.61. The number of aliphatic hydroxyl groups is 1. The lowest BCUT2D eigenvalue weighted by molar-refractivity contribution is -0.172. The Morgan fingerprint density at radius 3 is 2.61 bits per heavy atom. The lowest BCUT2D eigenvalue weighted by Gasteiger charge is -2.31. The van der Waals surface area contributed by atoms with E-state index in [0.29, 0.717) is 40.6 Å². The van der Waals surface area contributed by atoms with E-state index in [1.165, 1.54) is 0 Å². The highest BCUT2D eigenvalue weighted by Crippen LogP contribution is 2.44. The summed E-state index contributed by atoms with van der Waals surface area (Å²) in [6.45, 7) is 7.29. The quantitative estimate of drug-likeness (QED) is 0.410. The number of cyclic esters (lactones) is 1. The second-order valence-electron chi connectivity index (χ2n) is 10.6. The molecule has 0 bridgehead atoms. The Labute approximate surface area is 208 Å². The van der Waals surface area contributed by atoms with Crippen LogP contribution in [0.5, 0.6) is 11.5 Å². The van der Waals surface area contributed by atoms with Gasteiger partial charge in [-0.1, -0.05) is 20.8 Å². The van der Waals surface area contributed by atoms with Crippen LogP contribution in [0.15, 0.2) is 23.0 Å². The number of pyridine rings is 2. The molecule has 0 fully saturated rings. The number of hydrogen-bond acceptors (Lipinski definition) is 8. The van der Waals surface area contributed by atoms with Crippen LogP contribution in [-0.4, -0.2) is 41.0 Å². The first-order valence-electron chi connectivity index (χ1n) is 12.2. The molecule has 188 valence electrons. The van der Waals surface area contributed by atoms with Crippen LogP contribution >= 0.6 is 0 Å². The third kappa shape index (κ3) is 3.19. The maximum Gasteiger partial charge on any atom is 0.343 e. The summed E-state index contributed by atoms with van der Waals surface area (Å²) in [7, 11) is 1.94. The third-order valence-corrected chi connectivity index (χ3v) is 7.61. The van der Waals surface area contributed by atoms with Crippen LogP contribution < -0.4 is 20.3 Å².